The van der Waals surface area contributed by atoms with E-state index in [1.807, 2.05) is 36.4 Å². The van der Waals surface area contributed by atoms with E-state index in [0.29, 0.717) is 0 Å². The lowest BCUT2D eigenvalue weighted by atomic mass is 9.83. The third-order valence-corrected chi connectivity index (χ3v) is 8.42. The third kappa shape index (κ3) is 3.14. The van der Waals surface area contributed by atoms with Crippen molar-refractivity contribution in [2.45, 2.75) is 5.60 Å². The van der Waals surface area contributed by atoms with Crippen molar-refractivity contribution in [3.05, 3.63) is 185 Å². The normalized spacial score (nSPS) is 13.9. The average Bonchev–Trinajstić information content (AvgIpc) is 3.48. The highest BCUT2D eigenvalue weighted by atomic mass is 16.3. The molecule has 0 aromatic heterocycles. The molecule has 0 spiro atoms. The maximum Gasteiger partial charge on any atom is 0.141 e. The van der Waals surface area contributed by atoms with Gasteiger partial charge in [0.2, 0.25) is 0 Å². The second kappa shape index (κ2) is 8.33. The first-order chi connectivity index (χ1) is 19.2. The number of hydrogen-bond donors (Lipinski definition) is 1. The van der Waals surface area contributed by atoms with E-state index in [4.69, 9.17) is 0 Å². The van der Waals surface area contributed by atoms with Crippen LogP contribution in [0.25, 0.3) is 33.4 Å². The molecule has 0 aliphatic heterocycles. The molecule has 0 saturated heterocycles. The summed E-state index contributed by atoms with van der Waals surface area (Å²) >= 11 is 0. The van der Waals surface area contributed by atoms with Gasteiger partial charge in [-0.1, -0.05) is 72.8 Å². The molecule has 0 amide bonds. The average molecular weight is 498 g/mol. The van der Waals surface area contributed by atoms with Gasteiger partial charge >= 0.3 is 0 Å². The Morgan fingerprint density at radius 2 is 0.821 bits per heavy atom. The van der Waals surface area contributed by atoms with Crippen molar-refractivity contribution in [1.29, 1.82) is 0 Å². The highest BCUT2D eigenvalue weighted by Crippen LogP contribution is 2.51. The smallest absolute Gasteiger partial charge is 0.141 e. The fourth-order valence-electron chi connectivity index (χ4n) is 6.58. The molecule has 39 heavy (non-hydrogen) atoms. The van der Waals surface area contributed by atoms with Gasteiger partial charge in [-0.3, -0.25) is 0 Å². The Balaban J connectivity index is 1.15. The van der Waals surface area contributed by atoms with Gasteiger partial charge in [-0.05, 0) is 101 Å². The number of rotatable bonds is 3. The van der Waals surface area contributed by atoms with Crippen LogP contribution in [0.4, 0.5) is 0 Å². The van der Waals surface area contributed by atoms with Crippen molar-refractivity contribution in [2.75, 3.05) is 0 Å². The Hall–Kier alpha value is -4.85. The molecule has 0 heterocycles. The van der Waals surface area contributed by atoms with E-state index in [0.717, 1.165) is 38.9 Å². The molecule has 6 aromatic rings. The summed E-state index contributed by atoms with van der Waals surface area (Å²) in [7, 11) is 0. The molecule has 1 nitrogen and oxygen atoms in total. The topological polar surface area (TPSA) is 20.2 Å². The molecule has 6 aromatic carbocycles. The molecule has 1 heteroatoms. The van der Waals surface area contributed by atoms with Crippen LogP contribution in [0.2, 0.25) is 0 Å². The van der Waals surface area contributed by atoms with Gasteiger partial charge in [0.1, 0.15) is 5.60 Å². The Labute approximate surface area is 228 Å². The van der Waals surface area contributed by atoms with E-state index in [9.17, 15) is 5.11 Å². The molecule has 0 atom stereocenters. The van der Waals surface area contributed by atoms with Gasteiger partial charge in [0.15, 0.2) is 0 Å². The fraction of sp³-hybridized carbons (Fsp3) is 0.0263. The molecule has 0 unspecified atom stereocenters. The van der Waals surface area contributed by atoms with E-state index >= 15 is 0 Å². The SMILES string of the molecule is OC1(c2ccc(-c3ccc([C+]4c5ccccc5-c5ccccc54)cc3)cc2)c2ccccc2-c2ccccc21. The predicted octanol–water partition coefficient (Wildman–Crippen LogP) is 8.62. The van der Waals surface area contributed by atoms with Gasteiger partial charge in [0, 0.05) is 11.1 Å². The molecule has 0 fully saturated rings. The van der Waals surface area contributed by atoms with E-state index in [-0.39, 0.29) is 0 Å². The fourth-order valence-corrected chi connectivity index (χ4v) is 6.58. The first-order valence-electron chi connectivity index (χ1n) is 13.4. The van der Waals surface area contributed by atoms with Crippen LogP contribution in [0, 0.1) is 5.92 Å². The quantitative estimate of drug-likeness (QED) is 0.242. The monoisotopic (exact) mass is 497 g/mol. The van der Waals surface area contributed by atoms with Crippen LogP contribution in [-0.2, 0) is 5.60 Å². The molecule has 0 bridgehead atoms. The third-order valence-electron chi connectivity index (χ3n) is 8.42. The van der Waals surface area contributed by atoms with Crippen molar-refractivity contribution in [1.82, 2.24) is 0 Å². The Morgan fingerprint density at radius 3 is 1.33 bits per heavy atom. The first-order valence-corrected chi connectivity index (χ1v) is 13.4. The minimum Gasteiger partial charge on any atom is -0.376 e. The second-order valence-corrected chi connectivity index (χ2v) is 10.4. The Bertz CT molecular complexity index is 1770. The standard InChI is InChI=1S/C38H25O/c39-38(35-15-7-5-11-31(35)32-12-6-8-16-36(32)38)28-23-21-26(22-24-28)25-17-19-27(20-18-25)37-33-13-3-1-9-29(33)30-10-2-4-14-34(30)37/h1-24,39H/q+1. The molecular formula is C38H25O+. The number of benzene rings is 6. The summed E-state index contributed by atoms with van der Waals surface area (Å²) in [5, 5.41) is 12.1. The zero-order valence-electron chi connectivity index (χ0n) is 21.3. The highest BCUT2D eigenvalue weighted by Gasteiger charge is 2.42. The van der Waals surface area contributed by atoms with Crippen molar-refractivity contribution in [2.24, 2.45) is 0 Å². The molecule has 0 radical (unpaired) electrons. The van der Waals surface area contributed by atoms with Gasteiger partial charge < -0.3 is 5.11 Å². The highest BCUT2D eigenvalue weighted by molar-refractivity contribution is 5.87. The van der Waals surface area contributed by atoms with Crippen LogP contribution in [0.5, 0.6) is 0 Å². The summed E-state index contributed by atoms with van der Waals surface area (Å²) in [6.45, 7) is 0. The Morgan fingerprint density at radius 1 is 0.410 bits per heavy atom. The predicted molar refractivity (Wildman–Crippen MR) is 158 cm³/mol. The second-order valence-electron chi connectivity index (χ2n) is 10.4. The molecule has 0 saturated carbocycles. The van der Waals surface area contributed by atoms with Crippen molar-refractivity contribution < 1.29 is 5.11 Å². The van der Waals surface area contributed by atoms with Gasteiger partial charge in [-0.15, -0.1) is 0 Å². The van der Waals surface area contributed by atoms with Crippen LogP contribution in [0.1, 0.15) is 33.4 Å². The summed E-state index contributed by atoms with van der Waals surface area (Å²) in [5.41, 5.74) is 12.5. The lowest BCUT2D eigenvalue weighted by molar-refractivity contribution is 0.131. The van der Waals surface area contributed by atoms with Gasteiger partial charge in [-0.25, -0.2) is 0 Å². The van der Waals surface area contributed by atoms with Crippen molar-refractivity contribution >= 4 is 0 Å². The Kier molecular flexibility index (Phi) is 4.73. The van der Waals surface area contributed by atoms with Gasteiger partial charge in [0.05, 0.1) is 33.7 Å². The number of aliphatic hydroxyl groups is 1. The van der Waals surface area contributed by atoms with E-state index in [1.165, 1.54) is 33.7 Å². The minimum absolute atomic E-state index is 0.884. The van der Waals surface area contributed by atoms with Crippen LogP contribution in [-0.4, -0.2) is 5.11 Å². The van der Waals surface area contributed by atoms with Crippen molar-refractivity contribution in [3.63, 3.8) is 0 Å². The zero-order valence-corrected chi connectivity index (χ0v) is 21.3. The van der Waals surface area contributed by atoms with Crippen LogP contribution in [0.15, 0.2) is 146 Å². The van der Waals surface area contributed by atoms with Gasteiger partial charge in [-0.2, -0.15) is 0 Å². The summed E-state index contributed by atoms with van der Waals surface area (Å²) in [4.78, 5) is 0. The van der Waals surface area contributed by atoms with Crippen LogP contribution >= 0.6 is 0 Å². The maximum atomic E-state index is 12.1. The molecule has 1 N–H and O–H groups in total. The first kappa shape index (κ1) is 22.2. The molecule has 2 aliphatic carbocycles. The van der Waals surface area contributed by atoms with Crippen LogP contribution in [0.3, 0.4) is 0 Å². The van der Waals surface area contributed by atoms with Crippen LogP contribution < -0.4 is 0 Å². The summed E-state index contributed by atoms with van der Waals surface area (Å²) in [5.74, 6) is 1.30. The van der Waals surface area contributed by atoms with Crippen molar-refractivity contribution in [3.8, 4) is 33.4 Å². The largest absolute Gasteiger partial charge is 0.376 e. The minimum atomic E-state index is -1.16. The zero-order chi connectivity index (χ0) is 26.0. The number of hydrogen-bond acceptors (Lipinski definition) is 1. The van der Waals surface area contributed by atoms with Gasteiger partial charge in [0.25, 0.3) is 0 Å². The number of fused-ring (bicyclic) bond motifs is 6. The maximum absolute atomic E-state index is 12.1. The molecule has 8 rings (SSSR count). The molecule has 182 valence electrons. The van der Waals surface area contributed by atoms with E-state index in [2.05, 4.69) is 109 Å². The molecule has 2 aliphatic rings. The summed E-state index contributed by atoms with van der Waals surface area (Å²) < 4.78 is 0. The molecular weight excluding hydrogens is 472 g/mol. The van der Waals surface area contributed by atoms with E-state index in [1.54, 1.807) is 0 Å². The lowest BCUT2D eigenvalue weighted by Gasteiger charge is -2.26. The summed E-state index contributed by atoms with van der Waals surface area (Å²) in [6.07, 6.45) is 0. The lowest BCUT2D eigenvalue weighted by Crippen LogP contribution is -2.26. The summed E-state index contributed by atoms with van der Waals surface area (Å²) in [6, 6.07) is 51.0. The van der Waals surface area contributed by atoms with E-state index < -0.39 is 5.60 Å².